The summed E-state index contributed by atoms with van der Waals surface area (Å²) in [4.78, 5) is 34.0. The molecule has 0 fully saturated rings. The molecule has 10 nitrogen and oxygen atoms in total. The lowest BCUT2D eigenvalue weighted by molar-refractivity contribution is 0.414. The number of nitrogens with one attached hydrogen (secondary N) is 1. The summed E-state index contributed by atoms with van der Waals surface area (Å²) in [6.45, 7) is 0.629. The molecular weight excluding hydrogens is 469 g/mol. The fraction of sp³-hybridized carbons (Fsp3) is 0.238. The van der Waals surface area contributed by atoms with E-state index in [2.05, 4.69) is 15.3 Å². The van der Waals surface area contributed by atoms with Crippen LogP contribution in [0.3, 0.4) is 0 Å². The van der Waals surface area contributed by atoms with Gasteiger partial charge in [-0.25, -0.2) is 14.2 Å². The Morgan fingerprint density at radius 2 is 1.67 bits per heavy atom. The highest BCUT2D eigenvalue weighted by molar-refractivity contribution is 6.34. The standard InChI is InChI=1S/C21H23Cl2N7O3/c1-33-17-4-2-13(3-5-17)11-29-19(27-7-6-26-18(24)25)28-20(31)30(21(29)32)12-14-8-15(22)10-16(23)9-14/h2-5,8-10H,6-7,11-12H2,1H3,(H4,24,25,26)(H,27,28,31). The van der Waals surface area contributed by atoms with E-state index in [0.717, 1.165) is 10.1 Å². The maximum Gasteiger partial charge on any atom is 0.355 e. The van der Waals surface area contributed by atoms with E-state index in [-0.39, 0.29) is 38.1 Å². The zero-order valence-electron chi connectivity index (χ0n) is 17.8. The number of nitrogens with two attached hydrogens (primary N) is 2. The van der Waals surface area contributed by atoms with Crippen molar-refractivity contribution in [3.05, 3.63) is 84.6 Å². The second-order valence-corrected chi connectivity index (χ2v) is 7.90. The number of benzene rings is 2. The van der Waals surface area contributed by atoms with Crippen LogP contribution in [0.4, 0.5) is 5.95 Å². The minimum absolute atomic E-state index is 0.0398. The van der Waals surface area contributed by atoms with Crippen LogP contribution in [0.1, 0.15) is 11.1 Å². The van der Waals surface area contributed by atoms with Gasteiger partial charge in [0.2, 0.25) is 5.95 Å². The summed E-state index contributed by atoms with van der Waals surface area (Å²) in [5.74, 6) is 0.727. The van der Waals surface area contributed by atoms with Crippen LogP contribution in [0.2, 0.25) is 10.0 Å². The predicted octanol–water partition coefficient (Wildman–Crippen LogP) is 1.50. The number of nitrogens with zero attached hydrogens (tertiary/aromatic N) is 4. The highest BCUT2D eigenvalue weighted by Gasteiger charge is 2.14. The maximum atomic E-state index is 13.3. The van der Waals surface area contributed by atoms with Gasteiger partial charge in [0.15, 0.2) is 5.96 Å². The Labute approximate surface area is 199 Å². The summed E-state index contributed by atoms with van der Waals surface area (Å²) in [5, 5.41) is 3.75. The fourth-order valence-electron chi connectivity index (χ4n) is 3.09. The van der Waals surface area contributed by atoms with Crippen molar-refractivity contribution in [3.63, 3.8) is 0 Å². The Kier molecular flexibility index (Phi) is 7.96. The van der Waals surface area contributed by atoms with E-state index in [0.29, 0.717) is 21.4 Å². The normalized spacial score (nSPS) is 10.6. The Balaban J connectivity index is 2.00. The van der Waals surface area contributed by atoms with Gasteiger partial charge in [0.05, 0.1) is 26.7 Å². The molecule has 0 aliphatic heterocycles. The summed E-state index contributed by atoms with van der Waals surface area (Å²) < 4.78 is 7.57. The van der Waals surface area contributed by atoms with E-state index in [1.807, 2.05) is 12.1 Å². The molecule has 5 N–H and O–H groups in total. The molecule has 0 amide bonds. The number of halogens is 2. The third kappa shape index (κ3) is 6.50. The molecule has 0 aliphatic rings. The van der Waals surface area contributed by atoms with Crippen LogP contribution in [-0.4, -0.2) is 40.3 Å². The third-order valence-corrected chi connectivity index (χ3v) is 5.04. The van der Waals surface area contributed by atoms with Gasteiger partial charge in [-0.15, -0.1) is 0 Å². The predicted molar refractivity (Wildman–Crippen MR) is 130 cm³/mol. The zero-order valence-corrected chi connectivity index (χ0v) is 19.3. The van der Waals surface area contributed by atoms with Crippen molar-refractivity contribution in [3.8, 4) is 5.75 Å². The zero-order chi connectivity index (χ0) is 24.0. The van der Waals surface area contributed by atoms with Crippen molar-refractivity contribution in [2.45, 2.75) is 13.1 Å². The fourth-order valence-corrected chi connectivity index (χ4v) is 3.66. The molecule has 33 heavy (non-hydrogen) atoms. The number of aliphatic imine (C=N–C) groups is 1. The number of ether oxygens (including phenoxy) is 1. The molecule has 1 aromatic heterocycles. The molecular formula is C21H23Cl2N7O3. The minimum Gasteiger partial charge on any atom is -0.497 e. The Bertz CT molecular complexity index is 1250. The van der Waals surface area contributed by atoms with Crippen LogP contribution >= 0.6 is 23.2 Å². The van der Waals surface area contributed by atoms with E-state index in [9.17, 15) is 9.59 Å². The SMILES string of the molecule is COc1ccc(Cn2c(NCCN=C(N)N)nc(=O)n(Cc3cc(Cl)cc(Cl)c3)c2=O)cc1. The number of anilines is 1. The van der Waals surface area contributed by atoms with Crippen LogP contribution in [0.15, 0.2) is 57.0 Å². The highest BCUT2D eigenvalue weighted by Crippen LogP contribution is 2.19. The molecule has 0 atom stereocenters. The molecule has 1 heterocycles. The Morgan fingerprint density at radius 3 is 2.27 bits per heavy atom. The average molecular weight is 492 g/mol. The highest BCUT2D eigenvalue weighted by atomic mass is 35.5. The summed E-state index contributed by atoms with van der Waals surface area (Å²) >= 11 is 12.1. The second-order valence-electron chi connectivity index (χ2n) is 7.03. The quantitative estimate of drug-likeness (QED) is 0.233. The van der Waals surface area contributed by atoms with Gasteiger partial charge in [-0.2, -0.15) is 4.98 Å². The van der Waals surface area contributed by atoms with Crippen LogP contribution in [0, 0.1) is 0 Å². The van der Waals surface area contributed by atoms with E-state index >= 15 is 0 Å². The first-order chi connectivity index (χ1) is 15.8. The first kappa shape index (κ1) is 24.1. The van der Waals surface area contributed by atoms with Crippen LogP contribution in [0.5, 0.6) is 5.75 Å². The molecule has 174 valence electrons. The van der Waals surface area contributed by atoms with Crippen molar-refractivity contribution in [1.82, 2.24) is 14.1 Å². The van der Waals surface area contributed by atoms with Gasteiger partial charge >= 0.3 is 11.4 Å². The van der Waals surface area contributed by atoms with Crippen molar-refractivity contribution >= 4 is 35.1 Å². The van der Waals surface area contributed by atoms with Crippen molar-refractivity contribution in [2.75, 3.05) is 25.5 Å². The van der Waals surface area contributed by atoms with Crippen LogP contribution in [0.25, 0.3) is 0 Å². The van der Waals surface area contributed by atoms with E-state index in [1.54, 1.807) is 37.4 Å². The van der Waals surface area contributed by atoms with Crippen molar-refractivity contribution < 1.29 is 4.74 Å². The van der Waals surface area contributed by atoms with Gasteiger partial charge in [0, 0.05) is 16.6 Å². The Morgan fingerprint density at radius 1 is 1.03 bits per heavy atom. The van der Waals surface area contributed by atoms with Crippen molar-refractivity contribution in [1.29, 1.82) is 0 Å². The van der Waals surface area contributed by atoms with E-state index < -0.39 is 11.4 Å². The molecule has 3 aromatic rings. The second kappa shape index (κ2) is 10.9. The van der Waals surface area contributed by atoms with Crippen LogP contribution in [-0.2, 0) is 13.1 Å². The van der Waals surface area contributed by atoms with Gasteiger partial charge in [0.1, 0.15) is 5.75 Å². The molecule has 0 bridgehead atoms. The number of guanidine groups is 1. The first-order valence-corrected chi connectivity index (χ1v) is 10.6. The molecule has 0 unspecified atom stereocenters. The summed E-state index contributed by atoms with van der Waals surface area (Å²) in [7, 11) is 1.57. The van der Waals surface area contributed by atoms with Gasteiger partial charge in [-0.05, 0) is 41.5 Å². The number of hydrogen-bond donors (Lipinski definition) is 3. The van der Waals surface area contributed by atoms with Gasteiger partial charge in [-0.3, -0.25) is 9.56 Å². The molecule has 12 heteroatoms. The number of rotatable bonds is 9. The molecule has 0 spiro atoms. The number of methoxy groups -OCH3 is 1. The molecule has 0 saturated carbocycles. The number of hydrogen-bond acceptors (Lipinski definition) is 6. The lowest BCUT2D eigenvalue weighted by atomic mass is 10.2. The first-order valence-electron chi connectivity index (χ1n) is 9.85. The molecule has 0 radical (unpaired) electrons. The average Bonchev–Trinajstić information content (AvgIpc) is 2.76. The van der Waals surface area contributed by atoms with Crippen LogP contribution < -0.4 is 32.9 Å². The third-order valence-electron chi connectivity index (χ3n) is 4.60. The van der Waals surface area contributed by atoms with E-state index in [4.69, 9.17) is 39.4 Å². The smallest absolute Gasteiger partial charge is 0.355 e. The molecule has 2 aromatic carbocycles. The maximum absolute atomic E-state index is 13.3. The monoisotopic (exact) mass is 491 g/mol. The van der Waals surface area contributed by atoms with E-state index in [1.165, 1.54) is 4.57 Å². The summed E-state index contributed by atoms with van der Waals surface area (Å²) in [6, 6.07) is 12.0. The molecule has 0 aliphatic carbocycles. The van der Waals surface area contributed by atoms with Crippen molar-refractivity contribution in [2.24, 2.45) is 16.5 Å². The summed E-state index contributed by atoms with van der Waals surface area (Å²) in [6.07, 6.45) is 0. The number of aromatic nitrogens is 3. The largest absolute Gasteiger partial charge is 0.497 e. The van der Waals surface area contributed by atoms with Gasteiger partial charge < -0.3 is 21.5 Å². The summed E-state index contributed by atoms with van der Waals surface area (Å²) in [5.41, 5.74) is 10.8. The minimum atomic E-state index is -0.716. The topological polar surface area (TPSA) is 143 Å². The Hall–Kier alpha value is -3.50. The van der Waals surface area contributed by atoms with Gasteiger partial charge in [0.25, 0.3) is 0 Å². The lowest BCUT2D eigenvalue weighted by Gasteiger charge is -2.16. The lowest BCUT2D eigenvalue weighted by Crippen LogP contribution is -2.43. The molecule has 3 rings (SSSR count). The van der Waals surface area contributed by atoms with Gasteiger partial charge in [-0.1, -0.05) is 35.3 Å². The molecule has 0 saturated heterocycles.